The van der Waals surface area contributed by atoms with E-state index in [-0.39, 0.29) is 77.5 Å². The molecular weight excluding hydrogens is 1860 g/mol. The zero-order chi connectivity index (χ0) is 97.8. The van der Waals surface area contributed by atoms with Gasteiger partial charge in [0.1, 0.15) is 63.7 Å². The number of aryl methyl sites for hydroxylation is 6. The van der Waals surface area contributed by atoms with Crippen LogP contribution in [0.25, 0.3) is 0 Å². The minimum absolute atomic E-state index is 0.0406. The largest absolute Gasteiger partial charge is 0.476 e. The summed E-state index contributed by atoms with van der Waals surface area (Å²) in [6.07, 6.45) is 5.02. The first kappa shape index (κ1) is 108. The number of nitrogens with zero attached hydrogens (tertiary/aromatic N) is 10. The molecule has 0 aliphatic carbocycles. The number of alkyl halides is 1. The Kier molecular flexibility index (Phi) is 45.7. The number of urea groups is 2. The number of hydroxylamine groups is 1. The van der Waals surface area contributed by atoms with Gasteiger partial charge in [-0.3, -0.25) is 15.2 Å². The van der Waals surface area contributed by atoms with Crippen LogP contribution in [0.3, 0.4) is 0 Å². The highest BCUT2D eigenvalue weighted by Crippen LogP contribution is 2.27. The highest BCUT2D eigenvalue weighted by atomic mass is 79.9. The van der Waals surface area contributed by atoms with Gasteiger partial charge in [0.2, 0.25) is 23.8 Å². The molecule has 708 valence electrons. The molecule has 11 heterocycles. The molecule has 0 atom stereocenters. The number of hydrogen-bond acceptors (Lipinski definition) is 31. The number of carbonyl (C=O) groups excluding carboxylic acids is 10. The average Bonchev–Trinajstić information content (AvgIpc) is 1.76. The highest BCUT2D eigenvalue weighted by Gasteiger charge is 2.27. The molecule has 0 bridgehead atoms. The number of esters is 7. The number of rotatable bonds is 17. The molecule has 37 nitrogen and oxygen atoms in total. The second-order valence-corrected chi connectivity index (χ2v) is 30.7. The number of anilines is 2. The molecule has 0 saturated heterocycles. The lowest BCUT2D eigenvalue weighted by molar-refractivity contribution is -0.906. The van der Waals surface area contributed by atoms with Gasteiger partial charge in [0.25, 0.3) is 5.91 Å². The molecule has 3 aliphatic rings. The fraction of sp³-hybridized carbons (Fsp3) is 0.326. The molecule has 0 unspecified atom stereocenters. The quantitative estimate of drug-likeness (QED) is 0.00512. The predicted octanol–water partition coefficient (Wildman–Crippen LogP) is 14.0. The summed E-state index contributed by atoms with van der Waals surface area (Å²) in [7, 11) is 6.51. The minimum atomic E-state index is -0.718. The lowest BCUT2D eigenvalue weighted by Gasteiger charge is -2.20. The maximum atomic E-state index is 12.6. The van der Waals surface area contributed by atoms with Crippen LogP contribution >= 0.6 is 50.7 Å². The minimum Gasteiger partial charge on any atom is -0.476 e. The molecule has 41 heteroatoms. The fourth-order valence-electron chi connectivity index (χ4n) is 11.0. The van der Waals surface area contributed by atoms with Gasteiger partial charge in [-0.2, -0.15) is 0 Å². The van der Waals surface area contributed by atoms with Crippen LogP contribution in [0.2, 0.25) is 15.5 Å². The van der Waals surface area contributed by atoms with Crippen molar-refractivity contribution in [3.05, 3.63) is 275 Å². The Morgan fingerprint density at radius 3 is 1.29 bits per heavy atom. The number of fused-ring (bicyclic) bond motifs is 3. The van der Waals surface area contributed by atoms with E-state index in [4.69, 9.17) is 68.8 Å². The summed E-state index contributed by atoms with van der Waals surface area (Å²) >= 11 is 20.7. The predicted molar refractivity (Wildman–Crippen MR) is 492 cm³/mol. The van der Waals surface area contributed by atoms with E-state index in [1.54, 1.807) is 103 Å². The summed E-state index contributed by atoms with van der Waals surface area (Å²) in [6, 6.07) is 41.3. The Morgan fingerprint density at radius 1 is 0.466 bits per heavy atom. The number of aromatic nitrogens is 8. The molecule has 8 aromatic heterocycles. The standard InChI is InChI=1S/C20H23N3O4.C17H18N4O4.C12H16N2O3.C11H14ClNO3.C8H7BrClNO2.C8H8ClNO2.C8H10NO3.C8H9NO2/c1-13(2)27-19(24)17-9-6-15-12-23(10-11-26-18(15)22-17)20(25)21-16-7-4-14(3)5-8-16;1-11-2-5-13(6-3-11)18-17(23)21-8-9-25-16-12(10-21)4-7-14(19-16)15(22)20-24;1-8(2)17-12(15)10-4-3-9-7-13-5-6-16-11(9)14-10;1-16-11(15)9-6-5-8(10(12)13-9)4-2-3-7-14;1-13-8(12)6-3-2-5(4-9)7(10)11-6;1-5-3-4-6(8(11)12-2)10-7(5)9;1-6-3-4-7(8(10)12-2)9(11)5-6;1-6-3-4-7(9-5-6)8(10)11-2/h4-9,13H,10-12H2,1-3H3,(H,21,25);2-7,24H,8-10H2,1H3,(H,18,23)(H,20,22);3-4,8,13H,5-7H2,1-2H3;5-6,14H,2-4,7H2,1H3;2-3H,4H2,1H3;3-4H,1-2H3;3-5,11H,1-2H3;3-5H,1-2H3/q;;;;;;+1;. The van der Waals surface area contributed by atoms with Gasteiger partial charge >= 0.3 is 59.5 Å². The third kappa shape index (κ3) is 36.2. The van der Waals surface area contributed by atoms with Gasteiger partial charge in [0.15, 0.2) is 11.4 Å². The van der Waals surface area contributed by atoms with Crippen molar-refractivity contribution in [3.8, 4) is 17.6 Å². The molecule has 7 N–H and O–H groups in total. The van der Waals surface area contributed by atoms with E-state index in [9.17, 15) is 53.2 Å². The second kappa shape index (κ2) is 56.2. The van der Waals surface area contributed by atoms with Gasteiger partial charge < -0.3 is 78.2 Å². The van der Waals surface area contributed by atoms with Crippen molar-refractivity contribution < 1.29 is 116 Å². The van der Waals surface area contributed by atoms with E-state index in [0.717, 1.165) is 86.3 Å². The van der Waals surface area contributed by atoms with E-state index in [2.05, 4.69) is 90.5 Å². The van der Waals surface area contributed by atoms with Crippen molar-refractivity contribution in [1.29, 1.82) is 0 Å². The number of aliphatic hydroxyl groups is 1. The van der Waals surface area contributed by atoms with Gasteiger partial charge in [-0.05, 0) is 189 Å². The number of carbonyl (C=O) groups is 10. The van der Waals surface area contributed by atoms with E-state index in [0.29, 0.717) is 101 Å². The van der Waals surface area contributed by atoms with E-state index >= 15 is 0 Å². The molecule has 133 heavy (non-hydrogen) atoms. The molecule has 13 rings (SSSR count). The molecule has 10 aromatic rings. The third-order valence-corrected chi connectivity index (χ3v) is 19.7. The van der Waals surface area contributed by atoms with Crippen molar-refractivity contribution >= 4 is 122 Å². The number of aliphatic hydroxyl groups excluding tert-OH is 1. The number of ether oxygens (including phenoxy) is 10. The van der Waals surface area contributed by atoms with E-state index in [1.165, 1.54) is 59.4 Å². The first-order valence-corrected chi connectivity index (χ1v) is 43.2. The Labute approximate surface area is 791 Å². The summed E-state index contributed by atoms with van der Waals surface area (Å²) in [5.74, 6) is -2.87. The number of benzene rings is 2. The van der Waals surface area contributed by atoms with Crippen molar-refractivity contribution in [1.82, 2.24) is 55.5 Å². The lowest BCUT2D eigenvalue weighted by Crippen LogP contribution is -2.37. The SMILES string of the molecule is CC(C)OC(=O)c1ccc2c(n1)OCCNC2.COC(=O)c1ccc(C)c(Cl)n1.COC(=O)c1ccc(C)c[n+]1O.COC(=O)c1ccc(C)cn1.COC(=O)c1ccc(CBr)c(Cl)n1.COC(=O)c1ccc(CCCCO)c(Cl)n1.Cc1ccc(NC(=O)N2CCOc3nc(C(=O)NO)ccc3C2)cc1.Cc1ccc(NC(=O)N2CCOc3nc(C(=O)OC(C)C)ccc3C2)cc1. The molecule has 0 fully saturated rings. The van der Waals surface area contributed by atoms with Crippen molar-refractivity contribution in [2.24, 2.45) is 0 Å². The maximum absolute atomic E-state index is 12.6. The van der Waals surface area contributed by atoms with E-state index < -0.39 is 47.7 Å². The van der Waals surface area contributed by atoms with Gasteiger partial charge in [0, 0.05) is 81.2 Å². The zero-order valence-electron chi connectivity index (χ0n) is 75.6. The number of pyridine rings is 8. The number of nitrogens with one attached hydrogen (secondary N) is 4. The van der Waals surface area contributed by atoms with Gasteiger partial charge in [-0.15, -0.1) is 0 Å². The Balaban J connectivity index is 0.000000239. The summed E-state index contributed by atoms with van der Waals surface area (Å²) < 4.78 is 50.1. The van der Waals surface area contributed by atoms with Crippen molar-refractivity contribution in [2.45, 2.75) is 119 Å². The van der Waals surface area contributed by atoms with Crippen LogP contribution in [0, 0.1) is 34.6 Å². The van der Waals surface area contributed by atoms with Gasteiger partial charge in [-0.1, -0.05) is 110 Å². The summed E-state index contributed by atoms with van der Waals surface area (Å²) in [6.45, 7) is 20.9. The van der Waals surface area contributed by atoms with Crippen LogP contribution in [-0.4, -0.2) is 214 Å². The Bertz CT molecular complexity index is 5600. The average molecular weight is 1960 g/mol. The molecule has 5 amide bonds. The number of methoxy groups -OCH3 is 5. The monoisotopic (exact) mass is 1960 g/mol. The number of halogens is 4. The van der Waals surface area contributed by atoms with E-state index in [1.807, 2.05) is 109 Å². The third-order valence-electron chi connectivity index (χ3n) is 18.0. The van der Waals surface area contributed by atoms with Crippen LogP contribution in [0.1, 0.15) is 180 Å². The molecule has 2 aromatic carbocycles. The smallest absolute Gasteiger partial charge is 0.408 e. The number of hydrogen-bond donors (Lipinski definition) is 7. The lowest BCUT2D eigenvalue weighted by atomic mass is 10.1. The summed E-state index contributed by atoms with van der Waals surface area (Å²) in [5.41, 5.74) is 13.7. The Morgan fingerprint density at radius 2 is 0.865 bits per heavy atom. The molecule has 0 radical (unpaired) electrons. The summed E-state index contributed by atoms with van der Waals surface area (Å²) in [5, 5.41) is 37.1. The summed E-state index contributed by atoms with van der Waals surface area (Å²) in [4.78, 5) is 146. The molecule has 0 saturated carbocycles. The zero-order valence-corrected chi connectivity index (χ0v) is 79.4. The molecular formula is C92H105BrCl3N14O23+. The van der Waals surface area contributed by atoms with Crippen LogP contribution in [0.4, 0.5) is 21.0 Å². The highest BCUT2D eigenvalue weighted by molar-refractivity contribution is 9.08. The van der Waals surface area contributed by atoms with Crippen LogP contribution in [-0.2, 0) is 64.5 Å². The second-order valence-electron chi connectivity index (χ2n) is 29.0. The van der Waals surface area contributed by atoms with Crippen molar-refractivity contribution in [2.75, 3.05) is 92.2 Å². The maximum Gasteiger partial charge on any atom is 0.408 e. The fourth-order valence-corrected chi connectivity index (χ4v) is 12.2. The Hall–Kier alpha value is -13.6. The van der Waals surface area contributed by atoms with Crippen LogP contribution < -0.4 is 40.4 Å². The van der Waals surface area contributed by atoms with Gasteiger partial charge in [0.05, 0.1) is 73.9 Å². The van der Waals surface area contributed by atoms with Gasteiger partial charge in [-0.25, -0.2) is 83.5 Å². The number of amides is 5. The molecule has 3 aliphatic heterocycles. The first-order chi connectivity index (χ1) is 63.5. The number of unbranched alkanes of at least 4 members (excludes halogenated alkanes) is 1. The van der Waals surface area contributed by atoms with Crippen LogP contribution in [0.5, 0.6) is 17.6 Å². The topological polar surface area (TPSA) is 472 Å². The molecule has 0 spiro atoms. The first-order valence-electron chi connectivity index (χ1n) is 40.9. The van der Waals surface area contributed by atoms with Crippen LogP contribution in [0.15, 0.2) is 158 Å². The van der Waals surface area contributed by atoms with Crippen molar-refractivity contribution in [3.63, 3.8) is 0 Å². The normalized spacial score (nSPS) is 11.8.